The maximum absolute atomic E-state index is 13.1. The fourth-order valence-electron chi connectivity index (χ4n) is 3.69. The van der Waals surface area contributed by atoms with Crippen molar-refractivity contribution >= 4 is 33.9 Å². The van der Waals surface area contributed by atoms with Crippen LogP contribution in [0.1, 0.15) is 36.9 Å². The molecule has 1 aromatic heterocycles. The highest BCUT2D eigenvalue weighted by atomic mass is 32.1. The van der Waals surface area contributed by atoms with Crippen molar-refractivity contribution in [3.05, 3.63) is 76.8 Å². The molecule has 1 unspecified atom stereocenters. The van der Waals surface area contributed by atoms with Gasteiger partial charge in [0, 0.05) is 17.1 Å². The van der Waals surface area contributed by atoms with Crippen molar-refractivity contribution in [2.45, 2.75) is 25.8 Å². The van der Waals surface area contributed by atoms with E-state index in [1.165, 1.54) is 16.2 Å². The van der Waals surface area contributed by atoms with Crippen LogP contribution in [0.2, 0.25) is 0 Å². The smallest absolute Gasteiger partial charge is 0.301 e. The summed E-state index contributed by atoms with van der Waals surface area (Å²) < 4.78 is 11.0. The van der Waals surface area contributed by atoms with Crippen molar-refractivity contribution in [3.8, 4) is 11.5 Å². The van der Waals surface area contributed by atoms with Gasteiger partial charge in [0.25, 0.3) is 5.78 Å². The molecule has 33 heavy (non-hydrogen) atoms. The molecule has 2 heterocycles. The lowest BCUT2D eigenvalue weighted by atomic mass is 9.95. The molecular weight excluding hydrogens is 440 g/mol. The minimum Gasteiger partial charge on any atom is -0.507 e. The molecule has 170 valence electrons. The predicted molar refractivity (Wildman–Crippen MR) is 127 cm³/mol. The third-order valence-corrected chi connectivity index (χ3v) is 6.15. The monoisotopic (exact) mass is 464 g/mol. The lowest BCUT2D eigenvalue weighted by molar-refractivity contribution is -0.132. The Labute approximate surface area is 195 Å². The summed E-state index contributed by atoms with van der Waals surface area (Å²) in [6.45, 7) is 2.63. The third kappa shape index (κ3) is 4.47. The Kier molecular flexibility index (Phi) is 6.74. The SMILES string of the molecule is CCCCOc1cccc(C(O)=C2C(=O)C(=O)N(c3nccs3)C2c2ccc(OC)cc2)c1. The van der Waals surface area contributed by atoms with Crippen LogP contribution in [0.15, 0.2) is 65.7 Å². The quantitative estimate of drug-likeness (QED) is 0.219. The molecule has 1 amide bonds. The maximum Gasteiger partial charge on any atom is 0.301 e. The Morgan fingerprint density at radius 2 is 1.94 bits per heavy atom. The first kappa shape index (κ1) is 22.5. The van der Waals surface area contributed by atoms with Crippen molar-refractivity contribution < 1.29 is 24.2 Å². The number of hydrogen-bond acceptors (Lipinski definition) is 7. The van der Waals surface area contributed by atoms with Gasteiger partial charge < -0.3 is 14.6 Å². The van der Waals surface area contributed by atoms with Crippen molar-refractivity contribution in [2.75, 3.05) is 18.6 Å². The molecule has 1 aliphatic heterocycles. The van der Waals surface area contributed by atoms with E-state index in [2.05, 4.69) is 11.9 Å². The number of unbranched alkanes of at least 4 members (excludes halogenated alkanes) is 1. The van der Waals surface area contributed by atoms with Gasteiger partial charge in [-0.3, -0.25) is 14.5 Å². The van der Waals surface area contributed by atoms with Crippen molar-refractivity contribution in [1.82, 2.24) is 4.98 Å². The summed E-state index contributed by atoms with van der Waals surface area (Å²) in [5.41, 5.74) is 1.06. The number of hydrogen-bond donors (Lipinski definition) is 1. The highest BCUT2D eigenvalue weighted by Crippen LogP contribution is 2.43. The second-order valence-electron chi connectivity index (χ2n) is 7.49. The number of Topliss-reactive ketones (excluding diaryl/α,β-unsaturated/α-hetero) is 1. The number of aromatic nitrogens is 1. The molecule has 8 heteroatoms. The van der Waals surface area contributed by atoms with E-state index in [1.54, 1.807) is 67.2 Å². The summed E-state index contributed by atoms with van der Waals surface area (Å²) in [5.74, 6) is -0.526. The van der Waals surface area contributed by atoms with E-state index in [4.69, 9.17) is 9.47 Å². The van der Waals surface area contributed by atoms with Gasteiger partial charge in [0.15, 0.2) is 5.13 Å². The summed E-state index contributed by atoms with van der Waals surface area (Å²) in [7, 11) is 1.56. The van der Waals surface area contributed by atoms with Crippen LogP contribution in [-0.4, -0.2) is 35.5 Å². The number of nitrogens with zero attached hydrogens (tertiary/aromatic N) is 2. The second-order valence-corrected chi connectivity index (χ2v) is 8.36. The number of amides is 1. The van der Waals surface area contributed by atoms with Gasteiger partial charge in [-0.05, 0) is 36.2 Å². The molecule has 1 saturated heterocycles. The van der Waals surface area contributed by atoms with Crippen LogP contribution < -0.4 is 14.4 Å². The van der Waals surface area contributed by atoms with Crippen LogP contribution in [0.3, 0.4) is 0 Å². The number of anilines is 1. The first-order chi connectivity index (χ1) is 16.0. The molecule has 4 rings (SSSR count). The van der Waals surface area contributed by atoms with Crippen LogP contribution in [0.25, 0.3) is 5.76 Å². The van der Waals surface area contributed by atoms with Gasteiger partial charge in [-0.15, -0.1) is 11.3 Å². The van der Waals surface area contributed by atoms with Gasteiger partial charge in [0.05, 0.1) is 25.3 Å². The van der Waals surface area contributed by atoms with E-state index in [9.17, 15) is 14.7 Å². The molecule has 1 N–H and O–H groups in total. The minimum absolute atomic E-state index is 0.00563. The number of benzene rings is 2. The highest BCUT2D eigenvalue weighted by Gasteiger charge is 2.48. The third-order valence-electron chi connectivity index (χ3n) is 5.38. The summed E-state index contributed by atoms with van der Waals surface area (Å²) in [6, 6.07) is 13.1. The second kappa shape index (κ2) is 9.87. The molecule has 2 aromatic carbocycles. The number of methoxy groups -OCH3 is 1. The number of carbonyl (C=O) groups is 2. The largest absolute Gasteiger partial charge is 0.507 e. The minimum atomic E-state index is -0.827. The summed E-state index contributed by atoms with van der Waals surface area (Å²) in [5, 5.41) is 13.4. The number of aliphatic hydroxyl groups excluding tert-OH is 1. The van der Waals surface area contributed by atoms with Gasteiger partial charge in [0.1, 0.15) is 17.3 Å². The van der Waals surface area contributed by atoms with Crippen LogP contribution >= 0.6 is 11.3 Å². The molecule has 0 aliphatic carbocycles. The van der Waals surface area contributed by atoms with Crippen LogP contribution in [0, 0.1) is 0 Å². The first-order valence-corrected chi connectivity index (χ1v) is 11.5. The zero-order valence-corrected chi connectivity index (χ0v) is 19.2. The molecule has 1 aliphatic rings. The number of carbonyl (C=O) groups excluding carboxylic acids is 2. The van der Waals surface area contributed by atoms with Gasteiger partial charge in [-0.25, -0.2) is 4.98 Å². The number of aliphatic hydroxyl groups is 1. The van der Waals surface area contributed by atoms with Crippen LogP contribution in [0.4, 0.5) is 5.13 Å². The van der Waals surface area contributed by atoms with Gasteiger partial charge in [-0.2, -0.15) is 0 Å². The number of ketones is 1. The number of thiazole rings is 1. The van der Waals surface area contributed by atoms with Gasteiger partial charge >= 0.3 is 5.91 Å². The zero-order chi connectivity index (χ0) is 23.4. The molecule has 0 spiro atoms. The average Bonchev–Trinajstić information content (AvgIpc) is 3.46. The molecule has 7 nitrogen and oxygen atoms in total. The molecule has 0 saturated carbocycles. The molecular formula is C25H24N2O5S. The van der Waals surface area contributed by atoms with Crippen LogP contribution in [-0.2, 0) is 9.59 Å². The van der Waals surface area contributed by atoms with E-state index in [0.29, 0.717) is 34.4 Å². The maximum atomic E-state index is 13.1. The predicted octanol–water partition coefficient (Wildman–Crippen LogP) is 4.96. The average molecular weight is 465 g/mol. The van der Waals surface area contributed by atoms with E-state index in [-0.39, 0.29) is 11.3 Å². The van der Waals surface area contributed by atoms with Crippen molar-refractivity contribution in [3.63, 3.8) is 0 Å². The molecule has 1 atom stereocenters. The Morgan fingerprint density at radius 1 is 1.15 bits per heavy atom. The standard InChI is InChI=1S/C25H24N2O5S/c1-3-4-13-32-19-7-5-6-17(15-19)22(28)20-21(16-8-10-18(31-2)11-9-16)27(24(30)23(20)29)25-26-12-14-33-25/h5-12,14-15,21,28H,3-4,13H2,1-2H3. The Bertz CT molecular complexity index is 1170. The first-order valence-electron chi connectivity index (χ1n) is 10.6. The van der Waals surface area contributed by atoms with E-state index < -0.39 is 17.7 Å². The fourth-order valence-corrected chi connectivity index (χ4v) is 4.36. The molecule has 0 radical (unpaired) electrons. The summed E-state index contributed by atoms with van der Waals surface area (Å²) in [6.07, 6.45) is 3.48. The van der Waals surface area contributed by atoms with Gasteiger partial charge in [0.2, 0.25) is 0 Å². The molecule has 3 aromatic rings. The van der Waals surface area contributed by atoms with E-state index in [0.717, 1.165) is 12.8 Å². The van der Waals surface area contributed by atoms with Crippen LogP contribution in [0.5, 0.6) is 11.5 Å². The fraction of sp³-hybridized carbons (Fsp3) is 0.240. The molecule has 0 bridgehead atoms. The number of ether oxygens (including phenoxy) is 2. The normalized spacial score (nSPS) is 17.4. The summed E-state index contributed by atoms with van der Waals surface area (Å²) >= 11 is 1.25. The topological polar surface area (TPSA) is 89.0 Å². The Hall–Kier alpha value is -3.65. The zero-order valence-electron chi connectivity index (χ0n) is 18.4. The lowest BCUT2D eigenvalue weighted by Gasteiger charge is -2.23. The Morgan fingerprint density at radius 3 is 2.61 bits per heavy atom. The van der Waals surface area contributed by atoms with Crippen molar-refractivity contribution in [1.29, 1.82) is 0 Å². The Balaban J connectivity index is 1.81. The lowest BCUT2D eigenvalue weighted by Crippen LogP contribution is -2.29. The highest BCUT2D eigenvalue weighted by molar-refractivity contribution is 7.14. The number of rotatable bonds is 8. The van der Waals surface area contributed by atoms with E-state index in [1.807, 2.05) is 0 Å². The van der Waals surface area contributed by atoms with Gasteiger partial charge in [-0.1, -0.05) is 37.6 Å². The molecule has 1 fully saturated rings. The summed E-state index contributed by atoms with van der Waals surface area (Å²) in [4.78, 5) is 31.8. The van der Waals surface area contributed by atoms with Crippen molar-refractivity contribution in [2.24, 2.45) is 0 Å². The van der Waals surface area contributed by atoms with E-state index >= 15 is 0 Å².